The molecule has 0 aliphatic carbocycles. The summed E-state index contributed by atoms with van der Waals surface area (Å²) in [5.74, 6) is 0.391. The highest BCUT2D eigenvalue weighted by Gasteiger charge is 2.25. The summed E-state index contributed by atoms with van der Waals surface area (Å²) in [5, 5.41) is 3.48. The van der Waals surface area contributed by atoms with Gasteiger partial charge in [0.1, 0.15) is 11.6 Å². The normalized spacial score (nSPS) is 24.4. The van der Waals surface area contributed by atoms with Crippen molar-refractivity contribution in [3.05, 3.63) is 29.6 Å². The summed E-state index contributed by atoms with van der Waals surface area (Å²) in [5.41, 5.74) is 0.744. The van der Waals surface area contributed by atoms with Crippen LogP contribution in [0.15, 0.2) is 18.2 Å². The Labute approximate surface area is 114 Å². The maximum absolute atomic E-state index is 14.0. The van der Waals surface area contributed by atoms with E-state index >= 15 is 0 Å². The molecule has 1 aliphatic rings. The molecule has 1 saturated heterocycles. The van der Waals surface area contributed by atoms with E-state index in [0.717, 1.165) is 25.1 Å². The van der Waals surface area contributed by atoms with Gasteiger partial charge in [0.2, 0.25) is 0 Å². The van der Waals surface area contributed by atoms with Crippen molar-refractivity contribution < 1.29 is 9.13 Å². The van der Waals surface area contributed by atoms with E-state index in [2.05, 4.69) is 24.1 Å². The third-order valence-corrected chi connectivity index (χ3v) is 3.83. The summed E-state index contributed by atoms with van der Waals surface area (Å²) in [6.45, 7) is 6.96. The number of rotatable bonds is 4. The van der Waals surface area contributed by atoms with Crippen LogP contribution in [0.1, 0.15) is 25.8 Å². The second-order valence-electron chi connectivity index (χ2n) is 5.26. The summed E-state index contributed by atoms with van der Waals surface area (Å²) in [7, 11) is 1.56. The van der Waals surface area contributed by atoms with Crippen molar-refractivity contribution in [2.45, 2.75) is 38.9 Å². The number of piperazine rings is 1. The molecule has 1 heterocycles. The van der Waals surface area contributed by atoms with Gasteiger partial charge in [-0.15, -0.1) is 0 Å². The second kappa shape index (κ2) is 6.35. The van der Waals surface area contributed by atoms with E-state index in [1.165, 1.54) is 6.07 Å². The van der Waals surface area contributed by atoms with Gasteiger partial charge in [0.05, 0.1) is 7.11 Å². The Balaban J connectivity index is 2.10. The topological polar surface area (TPSA) is 24.5 Å². The van der Waals surface area contributed by atoms with Gasteiger partial charge in [-0.25, -0.2) is 4.39 Å². The Kier molecular flexibility index (Phi) is 4.77. The molecule has 1 N–H and O–H groups in total. The third-order valence-electron chi connectivity index (χ3n) is 3.83. The molecule has 0 saturated carbocycles. The van der Waals surface area contributed by atoms with Crippen molar-refractivity contribution in [1.82, 2.24) is 10.2 Å². The van der Waals surface area contributed by atoms with Crippen LogP contribution in [0.2, 0.25) is 0 Å². The first kappa shape index (κ1) is 14.3. The predicted octanol–water partition coefficient (Wildman–Crippen LogP) is 2.41. The van der Waals surface area contributed by atoms with Gasteiger partial charge in [0.25, 0.3) is 0 Å². The fourth-order valence-corrected chi connectivity index (χ4v) is 2.63. The molecule has 2 unspecified atom stereocenters. The number of hydrogen-bond acceptors (Lipinski definition) is 3. The molecule has 1 aromatic rings. The van der Waals surface area contributed by atoms with Crippen LogP contribution >= 0.6 is 0 Å². The van der Waals surface area contributed by atoms with Crippen LogP contribution in [-0.4, -0.2) is 37.2 Å². The maximum Gasteiger partial charge on any atom is 0.131 e. The van der Waals surface area contributed by atoms with E-state index in [-0.39, 0.29) is 5.82 Å². The Morgan fingerprint density at radius 2 is 2.26 bits per heavy atom. The molecule has 19 heavy (non-hydrogen) atoms. The quantitative estimate of drug-likeness (QED) is 0.905. The van der Waals surface area contributed by atoms with Gasteiger partial charge in [-0.3, -0.25) is 4.90 Å². The highest BCUT2D eigenvalue weighted by molar-refractivity contribution is 5.29. The average Bonchev–Trinajstić information content (AvgIpc) is 2.41. The largest absolute Gasteiger partial charge is 0.497 e. The molecular formula is C15H23FN2O. The third kappa shape index (κ3) is 3.45. The smallest absolute Gasteiger partial charge is 0.131 e. The van der Waals surface area contributed by atoms with Gasteiger partial charge >= 0.3 is 0 Å². The van der Waals surface area contributed by atoms with Gasteiger partial charge in [-0.05, 0) is 19.4 Å². The lowest BCUT2D eigenvalue weighted by molar-refractivity contribution is 0.122. The fourth-order valence-electron chi connectivity index (χ4n) is 2.63. The molecule has 2 atom stereocenters. The number of hydrogen-bond donors (Lipinski definition) is 1. The molecule has 0 amide bonds. The fraction of sp³-hybridized carbons (Fsp3) is 0.600. The summed E-state index contributed by atoms with van der Waals surface area (Å²) in [4.78, 5) is 2.37. The summed E-state index contributed by atoms with van der Waals surface area (Å²) >= 11 is 0. The number of nitrogens with zero attached hydrogens (tertiary/aromatic N) is 1. The van der Waals surface area contributed by atoms with Crippen LogP contribution in [-0.2, 0) is 6.54 Å². The van der Waals surface area contributed by atoms with E-state index in [1.807, 2.05) is 12.1 Å². The number of ether oxygens (including phenoxy) is 1. The second-order valence-corrected chi connectivity index (χ2v) is 5.26. The molecule has 106 valence electrons. The minimum absolute atomic E-state index is 0.180. The van der Waals surface area contributed by atoms with E-state index in [4.69, 9.17) is 4.74 Å². The monoisotopic (exact) mass is 266 g/mol. The number of halogens is 1. The minimum atomic E-state index is -0.180. The zero-order chi connectivity index (χ0) is 13.8. The lowest BCUT2D eigenvalue weighted by Crippen LogP contribution is -2.54. The summed E-state index contributed by atoms with van der Waals surface area (Å²) < 4.78 is 19.0. The first-order valence-electron chi connectivity index (χ1n) is 6.94. The molecule has 0 aromatic heterocycles. The van der Waals surface area contributed by atoms with E-state index in [0.29, 0.717) is 24.4 Å². The maximum atomic E-state index is 14.0. The molecule has 0 bridgehead atoms. The number of methoxy groups -OCH3 is 1. The lowest BCUT2D eigenvalue weighted by atomic mass is 10.1. The summed E-state index contributed by atoms with van der Waals surface area (Å²) in [6.07, 6.45) is 1.08. The summed E-state index contributed by atoms with van der Waals surface area (Å²) in [6, 6.07) is 6.06. The van der Waals surface area contributed by atoms with Crippen LogP contribution in [0.3, 0.4) is 0 Å². The van der Waals surface area contributed by atoms with Crippen LogP contribution < -0.4 is 10.1 Å². The number of benzene rings is 1. The Morgan fingerprint density at radius 3 is 2.89 bits per heavy atom. The van der Waals surface area contributed by atoms with E-state index in [1.54, 1.807) is 7.11 Å². The number of nitrogens with one attached hydrogen (secondary N) is 1. The van der Waals surface area contributed by atoms with Crippen molar-refractivity contribution in [2.75, 3.05) is 20.2 Å². The molecule has 0 radical (unpaired) electrons. The van der Waals surface area contributed by atoms with E-state index < -0.39 is 0 Å². The van der Waals surface area contributed by atoms with Crippen LogP contribution in [0.4, 0.5) is 4.39 Å². The highest BCUT2D eigenvalue weighted by Crippen LogP contribution is 2.20. The molecule has 1 aliphatic heterocycles. The highest BCUT2D eigenvalue weighted by atomic mass is 19.1. The standard InChI is InChI=1S/C15H23FN2O/c1-4-13-8-17-11(2)9-18(13)10-12-5-6-14(19-3)7-15(12)16/h5-7,11,13,17H,4,8-10H2,1-3H3. The molecule has 0 spiro atoms. The molecular weight excluding hydrogens is 243 g/mol. The van der Waals surface area contributed by atoms with Gasteiger partial charge in [-0.2, -0.15) is 0 Å². The van der Waals surface area contributed by atoms with Crippen molar-refractivity contribution in [1.29, 1.82) is 0 Å². The van der Waals surface area contributed by atoms with E-state index in [9.17, 15) is 4.39 Å². The Hall–Kier alpha value is -1.13. The molecule has 1 fully saturated rings. The van der Waals surface area contributed by atoms with Gasteiger partial charge in [-0.1, -0.05) is 13.0 Å². The van der Waals surface area contributed by atoms with Crippen molar-refractivity contribution in [3.63, 3.8) is 0 Å². The Morgan fingerprint density at radius 1 is 1.47 bits per heavy atom. The first-order valence-corrected chi connectivity index (χ1v) is 6.94. The zero-order valence-electron chi connectivity index (χ0n) is 11.9. The molecule has 1 aromatic carbocycles. The average molecular weight is 266 g/mol. The Bertz CT molecular complexity index is 425. The molecule has 4 heteroatoms. The lowest BCUT2D eigenvalue weighted by Gasteiger charge is -2.39. The van der Waals surface area contributed by atoms with Gasteiger partial charge < -0.3 is 10.1 Å². The van der Waals surface area contributed by atoms with Crippen LogP contribution in [0.25, 0.3) is 0 Å². The van der Waals surface area contributed by atoms with Crippen molar-refractivity contribution in [3.8, 4) is 5.75 Å². The van der Waals surface area contributed by atoms with Crippen molar-refractivity contribution in [2.24, 2.45) is 0 Å². The molecule has 2 rings (SSSR count). The minimum Gasteiger partial charge on any atom is -0.497 e. The van der Waals surface area contributed by atoms with Crippen molar-refractivity contribution >= 4 is 0 Å². The first-order chi connectivity index (χ1) is 9.13. The van der Waals surface area contributed by atoms with Gasteiger partial charge in [0, 0.05) is 43.3 Å². The van der Waals surface area contributed by atoms with Crippen LogP contribution in [0.5, 0.6) is 5.75 Å². The SMILES string of the molecule is CCC1CNC(C)CN1Cc1ccc(OC)cc1F. The van der Waals surface area contributed by atoms with Crippen LogP contribution in [0, 0.1) is 5.82 Å². The zero-order valence-corrected chi connectivity index (χ0v) is 11.9. The van der Waals surface area contributed by atoms with Gasteiger partial charge in [0.15, 0.2) is 0 Å². The predicted molar refractivity (Wildman–Crippen MR) is 74.9 cm³/mol. The molecule has 3 nitrogen and oxygen atoms in total.